The van der Waals surface area contributed by atoms with Crippen molar-refractivity contribution < 1.29 is 35.9 Å². The van der Waals surface area contributed by atoms with Gasteiger partial charge in [-0.15, -0.1) is 0 Å². The van der Waals surface area contributed by atoms with E-state index >= 15 is 0 Å². The first-order chi connectivity index (χ1) is 14.3. The molecule has 0 spiro atoms. The Morgan fingerprint density at radius 1 is 1.16 bits per heavy atom. The van der Waals surface area contributed by atoms with Gasteiger partial charge in [0, 0.05) is 0 Å². The Hall–Kier alpha value is -2.79. The minimum atomic E-state index is -4.82. The first kappa shape index (κ1) is 24.5. The van der Waals surface area contributed by atoms with Crippen LogP contribution in [0.5, 0.6) is 0 Å². The number of nitrogens with zero attached hydrogens (tertiary/aromatic N) is 1. The van der Waals surface area contributed by atoms with Gasteiger partial charge in [-0.05, 0) is 37.3 Å². The normalized spacial score (nSPS) is 11.7. The topological polar surface area (TPSA) is 92.8 Å². The molecule has 0 unspecified atom stereocenters. The van der Waals surface area contributed by atoms with Crippen molar-refractivity contribution in [1.82, 2.24) is 0 Å². The maximum atomic E-state index is 13.1. The standard InChI is InChI=1S/C19H18ClF3N2O5S/c1-3-30-18(27)13-6-4-5-7-16(13)24-17(26)11-25(31(2,28)29)12-8-9-15(20)14(10-12)19(21,22)23/h4-10H,3,11H2,1-2H3,(H,24,26). The van der Waals surface area contributed by atoms with Crippen molar-refractivity contribution in [2.75, 3.05) is 29.0 Å². The predicted octanol–water partition coefficient (Wildman–Crippen LogP) is 3.94. The third-order valence-corrected chi connectivity index (χ3v) is 5.40. The number of rotatable bonds is 7. The number of ether oxygens (including phenoxy) is 1. The monoisotopic (exact) mass is 478 g/mol. The first-order valence-electron chi connectivity index (χ1n) is 8.75. The number of hydrogen-bond donors (Lipinski definition) is 1. The molecule has 12 heteroatoms. The summed E-state index contributed by atoms with van der Waals surface area (Å²) >= 11 is 5.57. The third kappa shape index (κ3) is 6.34. The van der Waals surface area contributed by atoms with Crippen LogP contribution in [0, 0.1) is 0 Å². The number of sulfonamides is 1. The highest BCUT2D eigenvalue weighted by atomic mass is 35.5. The van der Waals surface area contributed by atoms with E-state index in [0.717, 1.165) is 18.4 Å². The smallest absolute Gasteiger partial charge is 0.417 e. The third-order valence-electron chi connectivity index (χ3n) is 3.93. The van der Waals surface area contributed by atoms with Gasteiger partial charge in [-0.25, -0.2) is 13.2 Å². The molecule has 0 atom stereocenters. The zero-order valence-electron chi connectivity index (χ0n) is 16.4. The molecule has 0 aliphatic heterocycles. The van der Waals surface area contributed by atoms with E-state index in [-0.39, 0.29) is 17.9 Å². The second kappa shape index (κ2) is 9.56. The summed E-state index contributed by atoms with van der Waals surface area (Å²) in [5.41, 5.74) is -1.54. The fourth-order valence-electron chi connectivity index (χ4n) is 2.58. The van der Waals surface area contributed by atoms with Crippen molar-refractivity contribution in [1.29, 1.82) is 0 Å². The molecule has 31 heavy (non-hydrogen) atoms. The van der Waals surface area contributed by atoms with E-state index < -0.39 is 50.9 Å². The highest BCUT2D eigenvalue weighted by Gasteiger charge is 2.34. The zero-order valence-corrected chi connectivity index (χ0v) is 17.9. The molecule has 0 aliphatic rings. The maximum Gasteiger partial charge on any atom is 0.417 e. The lowest BCUT2D eigenvalue weighted by Crippen LogP contribution is -2.37. The molecule has 7 nitrogen and oxygen atoms in total. The Morgan fingerprint density at radius 3 is 2.39 bits per heavy atom. The second-order valence-corrected chi connectivity index (χ2v) is 8.56. The van der Waals surface area contributed by atoms with Crippen molar-refractivity contribution in [3.8, 4) is 0 Å². The summed E-state index contributed by atoms with van der Waals surface area (Å²) in [5.74, 6) is -1.59. The number of carbonyl (C=O) groups is 2. The Kier molecular flexibility index (Phi) is 7.55. The van der Waals surface area contributed by atoms with Gasteiger partial charge in [0.2, 0.25) is 15.9 Å². The second-order valence-electron chi connectivity index (χ2n) is 6.25. The lowest BCUT2D eigenvalue weighted by molar-refractivity contribution is -0.137. The average molecular weight is 479 g/mol. The van der Waals surface area contributed by atoms with E-state index in [0.29, 0.717) is 10.4 Å². The summed E-state index contributed by atoms with van der Waals surface area (Å²) in [4.78, 5) is 24.5. The van der Waals surface area contributed by atoms with Gasteiger partial charge in [-0.3, -0.25) is 9.10 Å². The molecule has 2 aromatic rings. The van der Waals surface area contributed by atoms with Crippen molar-refractivity contribution >= 4 is 44.9 Å². The largest absolute Gasteiger partial charge is 0.462 e. The predicted molar refractivity (Wildman–Crippen MR) is 110 cm³/mol. The molecule has 2 rings (SSSR count). The number of hydrogen-bond acceptors (Lipinski definition) is 5. The van der Waals surface area contributed by atoms with Crippen LogP contribution in [-0.4, -0.2) is 39.7 Å². The number of halogens is 4. The number of esters is 1. The quantitative estimate of drug-likeness (QED) is 0.608. The van der Waals surface area contributed by atoms with Crippen molar-refractivity contribution in [2.24, 2.45) is 0 Å². The molecule has 0 bridgehead atoms. The minimum Gasteiger partial charge on any atom is -0.462 e. The molecular formula is C19H18ClF3N2O5S. The van der Waals surface area contributed by atoms with Gasteiger partial charge in [0.15, 0.2) is 0 Å². The first-order valence-corrected chi connectivity index (χ1v) is 11.0. The molecule has 0 heterocycles. The summed E-state index contributed by atoms with van der Waals surface area (Å²) in [5, 5.41) is 1.77. The zero-order chi connectivity index (χ0) is 23.4. The van der Waals surface area contributed by atoms with Crippen molar-refractivity contribution in [3.05, 3.63) is 58.6 Å². The van der Waals surface area contributed by atoms with Crippen LogP contribution in [0.25, 0.3) is 0 Å². The fraction of sp³-hybridized carbons (Fsp3) is 0.263. The number of nitrogens with one attached hydrogen (secondary N) is 1. The van der Waals surface area contributed by atoms with E-state index in [1.807, 2.05) is 0 Å². The van der Waals surface area contributed by atoms with Gasteiger partial charge < -0.3 is 10.1 Å². The number of amides is 1. The molecule has 1 N–H and O–H groups in total. The van der Waals surface area contributed by atoms with E-state index in [9.17, 15) is 31.2 Å². The fourth-order valence-corrected chi connectivity index (χ4v) is 3.66. The Morgan fingerprint density at radius 2 is 1.81 bits per heavy atom. The van der Waals surface area contributed by atoms with Gasteiger partial charge in [0.25, 0.3) is 0 Å². The Labute approximate surface area is 181 Å². The SMILES string of the molecule is CCOC(=O)c1ccccc1NC(=O)CN(c1ccc(Cl)c(C(F)(F)F)c1)S(C)(=O)=O. The number of alkyl halides is 3. The summed E-state index contributed by atoms with van der Waals surface area (Å²) in [6, 6.07) is 8.36. The van der Waals surface area contributed by atoms with Gasteiger partial charge in [0.05, 0.1) is 40.4 Å². The molecule has 168 valence electrons. The van der Waals surface area contributed by atoms with Crippen LogP contribution in [0.3, 0.4) is 0 Å². The molecular weight excluding hydrogens is 461 g/mol. The molecule has 1 amide bonds. The highest BCUT2D eigenvalue weighted by molar-refractivity contribution is 7.92. The van der Waals surface area contributed by atoms with Gasteiger partial charge in [-0.1, -0.05) is 23.7 Å². The van der Waals surface area contributed by atoms with Gasteiger partial charge in [-0.2, -0.15) is 13.2 Å². The average Bonchev–Trinajstić information content (AvgIpc) is 2.65. The maximum absolute atomic E-state index is 13.1. The molecule has 0 aromatic heterocycles. The number of carbonyl (C=O) groups excluding carboxylic acids is 2. The lowest BCUT2D eigenvalue weighted by Gasteiger charge is -2.23. The van der Waals surface area contributed by atoms with E-state index in [1.165, 1.54) is 24.3 Å². The molecule has 0 saturated heterocycles. The molecule has 0 saturated carbocycles. The summed E-state index contributed by atoms with van der Waals surface area (Å²) in [6.45, 7) is 0.862. The molecule has 0 fully saturated rings. The minimum absolute atomic E-state index is 0.0365. The van der Waals surface area contributed by atoms with Gasteiger partial charge >= 0.3 is 12.1 Å². The van der Waals surface area contributed by atoms with E-state index in [1.54, 1.807) is 6.92 Å². The van der Waals surface area contributed by atoms with Crippen molar-refractivity contribution in [3.63, 3.8) is 0 Å². The van der Waals surface area contributed by atoms with E-state index in [4.69, 9.17) is 16.3 Å². The molecule has 0 radical (unpaired) electrons. The summed E-state index contributed by atoms with van der Waals surface area (Å²) < 4.78 is 69.2. The summed E-state index contributed by atoms with van der Waals surface area (Å²) in [7, 11) is -4.15. The van der Waals surface area contributed by atoms with Crippen LogP contribution in [0.15, 0.2) is 42.5 Å². The summed E-state index contributed by atoms with van der Waals surface area (Å²) in [6.07, 6.45) is -4.08. The Bertz CT molecular complexity index is 1090. The van der Waals surface area contributed by atoms with Crippen LogP contribution in [-0.2, 0) is 25.7 Å². The van der Waals surface area contributed by atoms with E-state index in [2.05, 4.69) is 5.32 Å². The number of anilines is 2. The highest BCUT2D eigenvalue weighted by Crippen LogP contribution is 2.37. The van der Waals surface area contributed by atoms with Crippen LogP contribution in [0.1, 0.15) is 22.8 Å². The Balaban J connectivity index is 2.34. The van der Waals surface area contributed by atoms with Crippen LogP contribution < -0.4 is 9.62 Å². The van der Waals surface area contributed by atoms with Crippen LogP contribution in [0.2, 0.25) is 5.02 Å². The molecule has 2 aromatic carbocycles. The van der Waals surface area contributed by atoms with Crippen LogP contribution in [0.4, 0.5) is 24.5 Å². The number of benzene rings is 2. The number of para-hydroxylation sites is 1. The van der Waals surface area contributed by atoms with Gasteiger partial charge in [0.1, 0.15) is 6.54 Å². The lowest BCUT2D eigenvalue weighted by atomic mass is 10.1. The van der Waals surface area contributed by atoms with Crippen molar-refractivity contribution in [2.45, 2.75) is 13.1 Å². The molecule has 0 aliphatic carbocycles. The van der Waals surface area contributed by atoms with Crippen LogP contribution >= 0.6 is 11.6 Å².